The van der Waals surface area contributed by atoms with Crippen molar-refractivity contribution in [2.75, 3.05) is 0 Å². The van der Waals surface area contributed by atoms with Crippen molar-refractivity contribution in [3.63, 3.8) is 0 Å². The molecule has 1 amide bonds. The minimum atomic E-state index is -4.59. The molecule has 148 valence electrons. The quantitative estimate of drug-likeness (QED) is 0.548. The topological polar surface area (TPSA) is 107 Å². The van der Waals surface area contributed by atoms with Gasteiger partial charge in [-0.15, -0.1) is 0 Å². The van der Waals surface area contributed by atoms with Crippen molar-refractivity contribution in [1.82, 2.24) is 19.7 Å². The van der Waals surface area contributed by atoms with Crippen molar-refractivity contribution >= 4 is 27.7 Å². The van der Waals surface area contributed by atoms with Crippen LogP contribution in [0.25, 0.3) is 32.9 Å². The number of aromatic amines is 1. The van der Waals surface area contributed by atoms with E-state index in [-0.39, 0.29) is 17.3 Å². The van der Waals surface area contributed by atoms with Gasteiger partial charge in [-0.3, -0.25) is 24.2 Å². The van der Waals surface area contributed by atoms with Crippen LogP contribution < -0.4 is 11.3 Å². The van der Waals surface area contributed by atoms with Crippen molar-refractivity contribution in [2.24, 2.45) is 5.73 Å². The highest BCUT2D eigenvalue weighted by molar-refractivity contribution is 6.04. The highest BCUT2D eigenvalue weighted by Crippen LogP contribution is 2.30. The van der Waals surface area contributed by atoms with Crippen LogP contribution >= 0.6 is 0 Å². The number of aromatic nitrogens is 4. The average Bonchev–Trinajstić information content (AvgIpc) is 3.14. The standard InChI is InChI=1S/C19H14F3N5O2/c20-19(21,22)9-27-15-5-10(12-3-4-24-7-11(12)6-16(23)28)1-2-13(15)17-14(18(27)29)8-25-26-17/h1-5,7-8H,6,9H2,(H2,23,28)(H,25,26). The van der Waals surface area contributed by atoms with Crippen molar-refractivity contribution in [3.8, 4) is 11.1 Å². The molecule has 3 heterocycles. The summed E-state index contributed by atoms with van der Waals surface area (Å²) in [6.07, 6.45) is -0.462. The monoisotopic (exact) mass is 401 g/mol. The Morgan fingerprint density at radius 2 is 1.97 bits per heavy atom. The summed E-state index contributed by atoms with van der Waals surface area (Å²) in [4.78, 5) is 28.0. The number of nitrogens with one attached hydrogen (secondary N) is 1. The molecule has 1 aromatic carbocycles. The summed E-state index contributed by atoms with van der Waals surface area (Å²) >= 11 is 0. The molecule has 4 aromatic rings. The first-order valence-corrected chi connectivity index (χ1v) is 8.52. The van der Waals surface area contributed by atoms with Gasteiger partial charge in [0.15, 0.2) is 0 Å². The molecule has 3 N–H and O–H groups in total. The van der Waals surface area contributed by atoms with Crippen molar-refractivity contribution in [1.29, 1.82) is 0 Å². The summed E-state index contributed by atoms with van der Waals surface area (Å²) in [6, 6.07) is 6.44. The summed E-state index contributed by atoms with van der Waals surface area (Å²) in [5.41, 5.74) is 6.61. The van der Waals surface area contributed by atoms with Crippen LogP contribution in [0.3, 0.4) is 0 Å². The summed E-state index contributed by atoms with van der Waals surface area (Å²) in [7, 11) is 0. The Kier molecular flexibility index (Phi) is 4.33. The molecule has 0 bridgehead atoms. The summed E-state index contributed by atoms with van der Waals surface area (Å²) in [5.74, 6) is -0.562. The van der Waals surface area contributed by atoms with E-state index in [1.165, 1.54) is 24.7 Å². The number of fused-ring (bicyclic) bond motifs is 3. The number of amides is 1. The SMILES string of the molecule is NC(=O)Cc1cnccc1-c1ccc2c3[nH]ncc3c(=O)n(CC(F)(F)F)c2c1. The predicted molar refractivity (Wildman–Crippen MR) is 100 cm³/mol. The molecule has 3 aromatic heterocycles. The summed E-state index contributed by atoms with van der Waals surface area (Å²) in [5, 5.41) is 6.98. The Morgan fingerprint density at radius 3 is 2.69 bits per heavy atom. The van der Waals surface area contributed by atoms with E-state index >= 15 is 0 Å². The lowest BCUT2D eigenvalue weighted by Crippen LogP contribution is -2.28. The minimum Gasteiger partial charge on any atom is -0.369 e. The second-order valence-electron chi connectivity index (χ2n) is 6.57. The molecule has 0 aliphatic rings. The number of pyridine rings is 2. The molecule has 0 unspecified atom stereocenters. The number of nitrogens with zero attached hydrogens (tertiary/aromatic N) is 3. The molecular formula is C19H14F3N5O2. The van der Waals surface area contributed by atoms with Crippen molar-refractivity contribution in [3.05, 3.63) is 58.8 Å². The number of benzene rings is 1. The Balaban J connectivity index is 2.01. The number of rotatable bonds is 4. The second-order valence-corrected chi connectivity index (χ2v) is 6.57. The van der Waals surface area contributed by atoms with Gasteiger partial charge in [-0.2, -0.15) is 18.3 Å². The van der Waals surface area contributed by atoms with Crippen LogP contribution in [0.1, 0.15) is 5.56 Å². The van der Waals surface area contributed by atoms with Crippen LogP contribution in [0.4, 0.5) is 13.2 Å². The van der Waals surface area contributed by atoms with E-state index in [1.54, 1.807) is 18.2 Å². The largest absolute Gasteiger partial charge is 0.406 e. The number of nitrogens with two attached hydrogens (primary N) is 1. The number of halogens is 3. The van der Waals surface area contributed by atoms with Crippen molar-refractivity contribution < 1.29 is 18.0 Å². The maximum atomic E-state index is 13.2. The molecule has 10 heteroatoms. The zero-order valence-electron chi connectivity index (χ0n) is 14.8. The summed E-state index contributed by atoms with van der Waals surface area (Å²) in [6.45, 7) is -1.43. The van der Waals surface area contributed by atoms with Crippen LogP contribution in [0, 0.1) is 0 Å². The zero-order chi connectivity index (χ0) is 20.8. The molecule has 0 aliphatic heterocycles. The first-order chi connectivity index (χ1) is 13.7. The number of carbonyl (C=O) groups excluding carboxylic acids is 1. The van der Waals surface area contributed by atoms with Crippen LogP contribution in [-0.2, 0) is 17.8 Å². The third-order valence-corrected chi connectivity index (χ3v) is 4.59. The Labute approximate surface area is 161 Å². The predicted octanol–water partition coefficient (Wildman–Crippen LogP) is 2.53. The fourth-order valence-electron chi connectivity index (χ4n) is 3.42. The molecule has 4 rings (SSSR count). The van der Waals surface area contributed by atoms with E-state index in [0.717, 1.165) is 0 Å². The first kappa shape index (κ1) is 18.7. The number of hydrogen-bond donors (Lipinski definition) is 2. The molecule has 0 saturated heterocycles. The highest BCUT2D eigenvalue weighted by atomic mass is 19.4. The van der Waals surface area contributed by atoms with E-state index in [4.69, 9.17) is 5.73 Å². The first-order valence-electron chi connectivity index (χ1n) is 8.52. The lowest BCUT2D eigenvalue weighted by atomic mass is 9.98. The summed E-state index contributed by atoms with van der Waals surface area (Å²) < 4.78 is 40.2. The molecule has 0 fully saturated rings. The lowest BCUT2D eigenvalue weighted by molar-refractivity contribution is -0.140. The maximum absolute atomic E-state index is 13.2. The van der Waals surface area contributed by atoms with Gasteiger partial charge in [-0.05, 0) is 28.8 Å². The third-order valence-electron chi connectivity index (χ3n) is 4.59. The minimum absolute atomic E-state index is 0.0733. The smallest absolute Gasteiger partial charge is 0.369 e. The van der Waals surface area contributed by atoms with Gasteiger partial charge < -0.3 is 5.73 Å². The van der Waals surface area contributed by atoms with Gasteiger partial charge in [-0.25, -0.2) is 0 Å². The second kappa shape index (κ2) is 6.73. The van der Waals surface area contributed by atoms with Crippen LogP contribution in [-0.4, -0.2) is 31.8 Å². The van der Waals surface area contributed by atoms with Crippen LogP contribution in [0.2, 0.25) is 0 Å². The van der Waals surface area contributed by atoms with E-state index in [9.17, 15) is 22.8 Å². The lowest BCUT2D eigenvalue weighted by Gasteiger charge is -2.15. The fourth-order valence-corrected chi connectivity index (χ4v) is 3.42. The molecule has 0 saturated carbocycles. The van der Waals surface area contributed by atoms with Gasteiger partial charge in [0, 0.05) is 17.8 Å². The molecular weight excluding hydrogens is 387 g/mol. The van der Waals surface area contributed by atoms with E-state index in [2.05, 4.69) is 15.2 Å². The van der Waals surface area contributed by atoms with Gasteiger partial charge in [0.2, 0.25) is 5.91 Å². The number of primary amides is 1. The van der Waals surface area contributed by atoms with Gasteiger partial charge in [0.1, 0.15) is 6.54 Å². The molecule has 29 heavy (non-hydrogen) atoms. The van der Waals surface area contributed by atoms with E-state index in [0.29, 0.717) is 32.2 Å². The molecule has 0 spiro atoms. The van der Waals surface area contributed by atoms with Gasteiger partial charge >= 0.3 is 6.18 Å². The van der Waals surface area contributed by atoms with E-state index < -0.39 is 24.2 Å². The highest BCUT2D eigenvalue weighted by Gasteiger charge is 2.30. The molecule has 0 aliphatic carbocycles. The van der Waals surface area contributed by atoms with Gasteiger partial charge in [0.25, 0.3) is 5.56 Å². The average molecular weight is 401 g/mol. The molecule has 0 atom stereocenters. The van der Waals surface area contributed by atoms with Gasteiger partial charge in [-0.1, -0.05) is 12.1 Å². The normalized spacial score (nSPS) is 12.0. The molecule has 0 radical (unpaired) electrons. The Hall–Kier alpha value is -3.69. The number of H-pyrrole nitrogens is 1. The van der Waals surface area contributed by atoms with Crippen LogP contribution in [0.15, 0.2) is 47.7 Å². The molecule has 7 nitrogen and oxygen atoms in total. The number of alkyl halides is 3. The van der Waals surface area contributed by atoms with E-state index in [1.807, 2.05) is 0 Å². The maximum Gasteiger partial charge on any atom is 0.406 e. The van der Waals surface area contributed by atoms with Crippen LogP contribution in [0.5, 0.6) is 0 Å². The zero-order valence-corrected chi connectivity index (χ0v) is 14.8. The number of carbonyl (C=O) groups is 1. The van der Waals surface area contributed by atoms with Crippen molar-refractivity contribution in [2.45, 2.75) is 19.1 Å². The number of hydrogen-bond acceptors (Lipinski definition) is 4. The fraction of sp³-hybridized carbons (Fsp3) is 0.158. The Morgan fingerprint density at radius 1 is 1.17 bits per heavy atom. The third kappa shape index (κ3) is 3.44. The van der Waals surface area contributed by atoms with Gasteiger partial charge in [0.05, 0.1) is 29.0 Å². The Bertz CT molecular complexity index is 1310.